The number of benzene rings is 1. The third-order valence-electron chi connectivity index (χ3n) is 4.04. The number of nitrogens with one attached hydrogen (secondary N) is 1. The Morgan fingerprint density at radius 3 is 2.38 bits per heavy atom. The summed E-state index contributed by atoms with van der Waals surface area (Å²) in [6.45, 7) is 0.484. The Bertz CT molecular complexity index is 467. The van der Waals surface area contributed by atoms with Gasteiger partial charge in [-0.2, -0.15) is 13.2 Å². The van der Waals surface area contributed by atoms with Crippen molar-refractivity contribution in [3.05, 3.63) is 35.1 Å². The third-order valence-corrected chi connectivity index (χ3v) is 4.04. The summed E-state index contributed by atoms with van der Waals surface area (Å²) in [5, 5.41) is 12.3. The fraction of sp³-hybridized carbons (Fsp3) is 0.600. The van der Waals surface area contributed by atoms with E-state index in [1.807, 2.05) is 0 Å². The van der Waals surface area contributed by atoms with Crippen molar-refractivity contribution in [1.29, 1.82) is 0 Å². The van der Waals surface area contributed by atoms with Crippen LogP contribution < -0.4 is 5.32 Å². The molecule has 6 heteroatoms. The molecule has 1 fully saturated rings. The minimum atomic E-state index is -4.67. The first-order valence-electron chi connectivity index (χ1n) is 7.10. The van der Waals surface area contributed by atoms with Gasteiger partial charge in [-0.25, -0.2) is 4.39 Å². The highest BCUT2D eigenvalue weighted by Crippen LogP contribution is 2.32. The predicted molar refractivity (Wildman–Crippen MR) is 71.1 cm³/mol. The van der Waals surface area contributed by atoms with Crippen LogP contribution in [0.3, 0.4) is 0 Å². The summed E-state index contributed by atoms with van der Waals surface area (Å²) in [6.07, 6.45) is -1.02. The second-order valence-corrected chi connectivity index (χ2v) is 5.59. The lowest BCUT2D eigenvalue weighted by Gasteiger charge is -2.28. The van der Waals surface area contributed by atoms with Gasteiger partial charge >= 0.3 is 6.18 Å². The first-order valence-corrected chi connectivity index (χ1v) is 7.10. The molecule has 0 radical (unpaired) electrons. The summed E-state index contributed by atoms with van der Waals surface area (Å²) in [5.74, 6) is -0.902. The Morgan fingerprint density at radius 1 is 1.14 bits per heavy atom. The molecular formula is C15H19F4NO. The quantitative estimate of drug-likeness (QED) is 0.835. The molecule has 2 nitrogen and oxygen atoms in total. The molecule has 1 aliphatic rings. The molecule has 1 aromatic rings. The molecule has 1 aliphatic carbocycles. The van der Waals surface area contributed by atoms with E-state index in [0.717, 1.165) is 37.8 Å². The Labute approximate surface area is 121 Å². The normalized spacial score (nSPS) is 23.3. The number of aliphatic hydroxyl groups excluding tert-OH is 1. The van der Waals surface area contributed by atoms with Crippen molar-refractivity contribution < 1.29 is 22.7 Å². The van der Waals surface area contributed by atoms with E-state index in [2.05, 4.69) is 5.32 Å². The zero-order chi connectivity index (χ0) is 15.5. The van der Waals surface area contributed by atoms with Gasteiger partial charge in [0.25, 0.3) is 0 Å². The van der Waals surface area contributed by atoms with E-state index >= 15 is 0 Å². The third kappa shape index (κ3) is 4.41. The molecule has 118 valence electrons. The molecule has 0 spiro atoms. The van der Waals surface area contributed by atoms with Gasteiger partial charge in [0.05, 0.1) is 5.56 Å². The number of aliphatic hydroxyl groups is 1. The average Bonchev–Trinajstić information content (AvgIpc) is 2.45. The number of alkyl halides is 3. The molecule has 21 heavy (non-hydrogen) atoms. The van der Waals surface area contributed by atoms with Crippen LogP contribution in [-0.2, 0) is 12.7 Å². The largest absolute Gasteiger partial charge is 0.419 e. The summed E-state index contributed by atoms with van der Waals surface area (Å²) >= 11 is 0. The minimum absolute atomic E-state index is 0.194. The number of hydrogen-bond donors (Lipinski definition) is 2. The molecule has 0 saturated heterocycles. The Balaban J connectivity index is 1.92. The second-order valence-electron chi connectivity index (χ2n) is 5.59. The molecule has 0 atom stereocenters. The zero-order valence-corrected chi connectivity index (χ0v) is 11.6. The molecule has 0 heterocycles. The van der Waals surface area contributed by atoms with Gasteiger partial charge in [0, 0.05) is 19.2 Å². The topological polar surface area (TPSA) is 32.3 Å². The highest BCUT2D eigenvalue weighted by Gasteiger charge is 2.34. The van der Waals surface area contributed by atoms with Crippen LogP contribution in [0.15, 0.2) is 18.2 Å². The fourth-order valence-corrected chi connectivity index (χ4v) is 2.71. The van der Waals surface area contributed by atoms with Gasteiger partial charge in [-0.3, -0.25) is 0 Å². The highest BCUT2D eigenvalue weighted by atomic mass is 19.4. The molecule has 1 aromatic carbocycles. The summed E-state index contributed by atoms with van der Waals surface area (Å²) in [7, 11) is 0. The summed E-state index contributed by atoms with van der Waals surface area (Å²) in [4.78, 5) is 0. The molecule has 1 saturated carbocycles. The molecule has 0 amide bonds. The van der Waals surface area contributed by atoms with Gasteiger partial charge in [-0.05, 0) is 49.3 Å². The van der Waals surface area contributed by atoms with E-state index in [1.165, 1.54) is 6.07 Å². The number of rotatable bonds is 4. The van der Waals surface area contributed by atoms with E-state index in [4.69, 9.17) is 5.11 Å². The van der Waals surface area contributed by atoms with Crippen molar-refractivity contribution >= 4 is 0 Å². The SMILES string of the molecule is OCC1CCC(NCc2ccc(F)c(C(F)(F)F)c2)CC1. The lowest BCUT2D eigenvalue weighted by molar-refractivity contribution is -0.140. The first-order chi connectivity index (χ1) is 9.90. The zero-order valence-electron chi connectivity index (χ0n) is 11.6. The van der Waals surface area contributed by atoms with Crippen LogP contribution in [-0.4, -0.2) is 17.8 Å². The maximum Gasteiger partial charge on any atom is 0.419 e. The van der Waals surface area contributed by atoms with Crippen LogP contribution in [0.4, 0.5) is 17.6 Å². The van der Waals surface area contributed by atoms with Crippen molar-refractivity contribution in [3.63, 3.8) is 0 Å². The summed E-state index contributed by atoms with van der Waals surface area (Å²) in [6, 6.07) is 3.34. The monoisotopic (exact) mass is 305 g/mol. The Kier molecular flexibility index (Phi) is 5.22. The van der Waals surface area contributed by atoms with Gasteiger partial charge in [0.2, 0.25) is 0 Å². The maximum absolute atomic E-state index is 13.2. The molecule has 0 unspecified atom stereocenters. The molecule has 0 aliphatic heterocycles. The van der Waals surface area contributed by atoms with Crippen LogP contribution in [0.2, 0.25) is 0 Å². The van der Waals surface area contributed by atoms with Crippen LogP contribution in [0, 0.1) is 11.7 Å². The van der Waals surface area contributed by atoms with Crippen molar-refractivity contribution in [2.24, 2.45) is 5.92 Å². The fourth-order valence-electron chi connectivity index (χ4n) is 2.71. The van der Waals surface area contributed by atoms with Gasteiger partial charge in [-0.15, -0.1) is 0 Å². The molecule has 2 rings (SSSR count). The van der Waals surface area contributed by atoms with Gasteiger partial charge in [0.15, 0.2) is 0 Å². The van der Waals surface area contributed by atoms with Crippen molar-refractivity contribution in [2.45, 2.75) is 44.4 Å². The predicted octanol–water partition coefficient (Wildman–Crippen LogP) is 3.49. The Morgan fingerprint density at radius 2 is 1.81 bits per heavy atom. The molecule has 0 aromatic heterocycles. The highest BCUT2D eigenvalue weighted by molar-refractivity contribution is 5.27. The van der Waals surface area contributed by atoms with Gasteiger partial charge in [0.1, 0.15) is 5.82 Å². The van der Waals surface area contributed by atoms with Crippen LogP contribution in [0.1, 0.15) is 36.8 Å². The van der Waals surface area contributed by atoms with E-state index in [9.17, 15) is 17.6 Å². The van der Waals surface area contributed by atoms with Gasteiger partial charge < -0.3 is 10.4 Å². The van der Waals surface area contributed by atoms with Crippen LogP contribution in [0.5, 0.6) is 0 Å². The molecule has 0 bridgehead atoms. The second kappa shape index (κ2) is 6.75. The van der Waals surface area contributed by atoms with Crippen LogP contribution >= 0.6 is 0 Å². The maximum atomic E-state index is 13.2. The van der Waals surface area contributed by atoms with E-state index < -0.39 is 17.6 Å². The molecule has 2 N–H and O–H groups in total. The number of hydrogen-bond acceptors (Lipinski definition) is 2. The van der Waals surface area contributed by atoms with E-state index in [0.29, 0.717) is 11.5 Å². The Hall–Kier alpha value is -1.14. The minimum Gasteiger partial charge on any atom is -0.396 e. The van der Waals surface area contributed by atoms with Crippen molar-refractivity contribution in [1.82, 2.24) is 5.32 Å². The van der Waals surface area contributed by atoms with E-state index in [1.54, 1.807) is 0 Å². The lowest BCUT2D eigenvalue weighted by Crippen LogP contribution is -2.33. The van der Waals surface area contributed by atoms with Gasteiger partial charge in [-0.1, -0.05) is 6.07 Å². The number of halogens is 4. The van der Waals surface area contributed by atoms with Crippen molar-refractivity contribution in [3.8, 4) is 0 Å². The average molecular weight is 305 g/mol. The lowest BCUT2D eigenvalue weighted by atomic mass is 9.86. The summed E-state index contributed by atoms with van der Waals surface area (Å²) in [5.41, 5.74) is -0.793. The first kappa shape index (κ1) is 16.2. The van der Waals surface area contributed by atoms with Crippen LogP contribution in [0.25, 0.3) is 0 Å². The molecular weight excluding hydrogens is 286 g/mol. The summed E-state index contributed by atoms with van der Waals surface area (Å²) < 4.78 is 51.0. The smallest absolute Gasteiger partial charge is 0.396 e. The standard InChI is InChI=1S/C15H19F4NO/c16-14-6-3-11(7-13(14)15(17,18)19)8-20-12-4-1-10(9-21)2-5-12/h3,6-7,10,12,20-21H,1-2,4-5,8-9H2. The van der Waals surface area contributed by atoms with E-state index in [-0.39, 0.29) is 19.2 Å². The van der Waals surface area contributed by atoms with Crippen molar-refractivity contribution in [2.75, 3.05) is 6.61 Å².